The number of rotatable bonds is 6. The highest BCUT2D eigenvalue weighted by Crippen LogP contribution is 2.44. The van der Waals surface area contributed by atoms with E-state index in [0.717, 1.165) is 0 Å². The summed E-state index contributed by atoms with van der Waals surface area (Å²) < 4.78 is 21.2. The normalized spacial score (nSPS) is 16.7. The van der Waals surface area contributed by atoms with E-state index in [2.05, 4.69) is 0 Å². The van der Waals surface area contributed by atoms with Crippen LogP contribution >= 0.6 is 11.6 Å². The number of nitriles is 1. The highest BCUT2D eigenvalue weighted by molar-refractivity contribution is 6.19. The van der Waals surface area contributed by atoms with Crippen LogP contribution in [0.3, 0.4) is 0 Å². The van der Waals surface area contributed by atoms with Crippen LogP contribution in [0.25, 0.3) is 0 Å². The molecule has 2 N–H and O–H groups in total. The molecule has 8 heteroatoms. The third kappa shape index (κ3) is 3.55. The van der Waals surface area contributed by atoms with E-state index >= 15 is 0 Å². The molecule has 0 saturated carbocycles. The highest BCUT2D eigenvalue weighted by atomic mass is 35.5. The molecule has 1 atom stereocenters. The fraction of sp³-hybridized carbons (Fsp3) is 0.333. The van der Waals surface area contributed by atoms with Crippen molar-refractivity contribution in [2.24, 2.45) is 5.73 Å². The van der Waals surface area contributed by atoms with E-state index in [1.807, 2.05) is 6.07 Å². The summed E-state index contributed by atoms with van der Waals surface area (Å²) in [7, 11) is 3.00. The van der Waals surface area contributed by atoms with Crippen molar-refractivity contribution in [3.8, 4) is 17.6 Å². The number of nitrogens with zero attached hydrogens (tertiary/aromatic N) is 1. The quantitative estimate of drug-likeness (QED) is 0.599. The van der Waals surface area contributed by atoms with E-state index in [1.54, 1.807) is 25.1 Å². The van der Waals surface area contributed by atoms with Gasteiger partial charge in [0.15, 0.2) is 0 Å². The Morgan fingerprint density at radius 2 is 2.12 bits per heavy atom. The van der Waals surface area contributed by atoms with Crippen LogP contribution < -0.4 is 15.2 Å². The molecule has 1 aliphatic rings. The Balaban J connectivity index is 2.77. The first-order valence-electron chi connectivity index (χ1n) is 7.77. The minimum Gasteiger partial charge on any atom is -0.497 e. The monoisotopic (exact) mass is 378 g/mol. The van der Waals surface area contributed by atoms with Crippen molar-refractivity contribution in [3.63, 3.8) is 0 Å². The number of nitrogens with two attached hydrogens (primary N) is 1. The van der Waals surface area contributed by atoms with Gasteiger partial charge in [0.05, 0.1) is 38.2 Å². The van der Waals surface area contributed by atoms with Gasteiger partial charge >= 0.3 is 5.97 Å². The Bertz CT molecular complexity index is 810. The SMILES string of the molecule is CCOC(=O)C1=C(CCl)OC(N)=C(C#N)[C@H]1c1cc(OC)ccc1OC. The van der Waals surface area contributed by atoms with Gasteiger partial charge in [-0.05, 0) is 25.1 Å². The maximum Gasteiger partial charge on any atom is 0.338 e. The number of methoxy groups -OCH3 is 2. The van der Waals surface area contributed by atoms with Crippen LogP contribution in [0.1, 0.15) is 18.4 Å². The van der Waals surface area contributed by atoms with Crippen LogP contribution in [0.4, 0.5) is 0 Å². The predicted octanol–water partition coefficient (Wildman–Crippen LogP) is 2.57. The Morgan fingerprint density at radius 3 is 2.65 bits per heavy atom. The number of carbonyl (C=O) groups excluding carboxylic acids is 1. The molecule has 0 amide bonds. The molecule has 1 aliphatic heterocycles. The third-order valence-corrected chi connectivity index (χ3v) is 4.10. The lowest BCUT2D eigenvalue weighted by atomic mass is 9.82. The second-order valence-corrected chi connectivity index (χ2v) is 5.49. The summed E-state index contributed by atoms with van der Waals surface area (Å²) >= 11 is 5.95. The molecule has 0 fully saturated rings. The van der Waals surface area contributed by atoms with Crippen molar-refractivity contribution in [2.75, 3.05) is 26.7 Å². The molecule has 1 heterocycles. The molecule has 0 aliphatic carbocycles. The maximum absolute atomic E-state index is 12.6. The van der Waals surface area contributed by atoms with Crippen molar-refractivity contribution in [1.29, 1.82) is 5.26 Å². The average Bonchev–Trinajstić information content (AvgIpc) is 2.66. The van der Waals surface area contributed by atoms with Crippen molar-refractivity contribution in [1.82, 2.24) is 0 Å². The Hall–Kier alpha value is -2.85. The first kappa shape index (κ1) is 19.5. The first-order valence-corrected chi connectivity index (χ1v) is 8.31. The fourth-order valence-corrected chi connectivity index (χ4v) is 2.92. The lowest BCUT2D eigenvalue weighted by molar-refractivity contribution is -0.139. The van der Waals surface area contributed by atoms with Crippen molar-refractivity contribution in [3.05, 3.63) is 46.6 Å². The second-order valence-electron chi connectivity index (χ2n) is 5.22. The van der Waals surface area contributed by atoms with Crippen LogP contribution in [0, 0.1) is 11.3 Å². The predicted molar refractivity (Wildman–Crippen MR) is 94.6 cm³/mol. The van der Waals surface area contributed by atoms with Gasteiger partial charge in [0.2, 0.25) is 5.88 Å². The number of esters is 1. The van der Waals surface area contributed by atoms with Crippen LogP contribution in [0.2, 0.25) is 0 Å². The summed E-state index contributed by atoms with van der Waals surface area (Å²) in [4.78, 5) is 12.6. The van der Waals surface area contributed by atoms with Gasteiger partial charge in [-0.1, -0.05) is 0 Å². The van der Waals surface area contributed by atoms with Crippen LogP contribution in [0.5, 0.6) is 11.5 Å². The van der Waals surface area contributed by atoms with Gasteiger partial charge in [-0.2, -0.15) is 5.26 Å². The van der Waals surface area contributed by atoms with Gasteiger partial charge < -0.3 is 24.7 Å². The standard InChI is InChI=1S/C18H19ClN2O5/c1-4-25-18(22)16-14(8-19)26-17(21)12(9-20)15(16)11-7-10(23-2)5-6-13(11)24-3/h5-7,15H,4,8,21H2,1-3H3/t15-/m1/s1. The van der Waals surface area contributed by atoms with E-state index in [9.17, 15) is 10.1 Å². The lowest BCUT2D eigenvalue weighted by Gasteiger charge is -2.28. The number of halogens is 1. The minimum absolute atomic E-state index is 0.0634. The molecular weight excluding hydrogens is 360 g/mol. The maximum atomic E-state index is 12.6. The zero-order chi connectivity index (χ0) is 19.3. The van der Waals surface area contributed by atoms with E-state index in [1.165, 1.54) is 14.2 Å². The van der Waals surface area contributed by atoms with Gasteiger partial charge in [0.1, 0.15) is 28.9 Å². The van der Waals surface area contributed by atoms with Crippen LogP contribution in [-0.4, -0.2) is 32.7 Å². The molecule has 26 heavy (non-hydrogen) atoms. The molecule has 0 bridgehead atoms. The number of hydrogen-bond donors (Lipinski definition) is 1. The minimum atomic E-state index is -0.855. The van der Waals surface area contributed by atoms with Gasteiger partial charge in [-0.25, -0.2) is 4.79 Å². The molecule has 7 nitrogen and oxygen atoms in total. The number of allylic oxidation sites excluding steroid dienone is 2. The number of benzene rings is 1. The Labute approximate surface area is 156 Å². The van der Waals surface area contributed by atoms with Gasteiger partial charge in [0, 0.05) is 5.56 Å². The second kappa shape index (κ2) is 8.50. The van der Waals surface area contributed by atoms with Gasteiger partial charge in [-0.3, -0.25) is 0 Å². The third-order valence-electron chi connectivity index (χ3n) is 3.86. The van der Waals surface area contributed by atoms with Gasteiger partial charge in [0.25, 0.3) is 0 Å². The molecule has 2 rings (SSSR count). The molecule has 0 spiro atoms. The van der Waals surface area contributed by atoms with Crippen molar-refractivity contribution >= 4 is 17.6 Å². The summed E-state index contributed by atoms with van der Waals surface area (Å²) in [5.74, 6) is -0.615. The summed E-state index contributed by atoms with van der Waals surface area (Å²) in [6, 6.07) is 7.07. The molecule has 0 aromatic heterocycles. The average molecular weight is 379 g/mol. The molecule has 0 saturated heterocycles. The van der Waals surface area contributed by atoms with Crippen molar-refractivity contribution in [2.45, 2.75) is 12.8 Å². The Kier molecular flexibility index (Phi) is 6.36. The number of carbonyl (C=O) groups is 1. The fourth-order valence-electron chi connectivity index (χ4n) is 2.73. The van der Waals surface area contributed by atoms with Gasteiger partial charge in [-0.15, -0.1) is 11.6 Å². The first-order chi connectivity index (χ1) is 12.5. The topological polar surface area (TPSA) is 104 Å². The zero-order valence-electron chi connectivity index (χ0n) is 14.7. The number of alkyl halides is 1. The molecule has 1 aromatic rings. The highest BCUT2D eigenvalue weighted by Gasteiger charge is 2.39. The van der Waals surface area contributed by atoms with E-state index in [0.29, 0.717) is 17.1 Å². The lowest BCUT2D eigenvalue weighted by Crippen LogP contribution is -2.27. The van der Waals surface area contributed by atoms with Crippen LogP contribution in [0.15, 0.2) is 41.0 Å². The summed E-state index contributed by atoms with van der Waals surface area (Å²) in [5, 5.41) is 9.62. The summed E-state index contributed by atoms with van der Waals surface area (Å²) in [6.07, 6.45) is 0. The smallest absolute Gasteiger partial charge is 0.338 e. The van der Waals surface area contributed by atoms with Crippen molar-refractivity contribution < 1.29 is 23.7 Å². The zero-order valence-corrected chi connectivity index (χ0v) is 15.4. The number of ether oxygens (including phenoxy) is 4. The molecule has 1 aromatic carbocycles. The van der Waals surface area contributed by atoms with E-state index in [4.69, 9.17) is 36.3 Å². The summed E-state index contributed by atoms with van der Waals surface area (Å²) in [5.41, 5.74) is 6.59. The van der Waals surface area contributed by atoms with E-state index in [-0.39, 0.29) is 35.3 Å². The summed E-state index contributed by atoms with van der Waals surface area (Å²) in [6.45, 7) is 1.83. The molecule has 138 valence electrons. The molecular formula is C18H19ClN2O5. The molecule has 0 radical (unpaired) electrons. The Morgan fingerprint density at radius 1 is 1.38 bits per heavy atom. The largest absolute Gasteiger partial charge is 0.497 e. The number of hydrogen-bond acceptors (Lipinski definition) is 7. The molecule has 0 unspecified atom stereocenters. The van der Waals surface area contributed by atoms with E-state index < -0.39 is 11.9 Å². The van der Waals surface area contributed by atoms with Crippen LogP contribution in [-0.2, 0) is 14.3 Å².